The second kappa shape index (κ2) is 5.75. The van der Waals surface area contributed by atoms with Gasteiger partial charge in [0, 0.05) is 11.9 Å². The Bertz CT molecular complexity index is 525. The zero-order chi connectivity index (χ0) is 13.0. The number of carbonyl (C=O) groups excluding carboxylic acids is 1. The van der Waals surface area contributed by atoms with E-state index in [0.29, 0.717) is 5.69 Å². The summed E-state index contributed by atoms with van der Waals surface area (Å²) in [7, 11) is 0. The summed E-state index contributed by atoms with van der Waals surface area (Å²) < 4.78 is 0. The molecule has 4 nitrogen and oxygen atoms in total. The number of aromatic nitrogens is 1. The molecule has 0 aliphatic carbocycles. The highest BCUT2D eigenvalue weighted by molar-refractivity contribution is 7.09. The van der Waals surface area contributed by atoms with Crippen LogP contribution in [0.5, 0.6) is 0 Å². The summed E-state index contributed by atoms with van der Waals surface area (Å²) in [6.07, 6.45) is -0.699. The van der Waals surface area contributed by atoms with Crippen LogP contribution in [0.4, 0.5) is 0 Å². The molecule has 0 saturated carbocycles. The van der Waals surface area contributed by atoms with Gasteiger partial charge in [0.2, 0.25) is 0 Å². The van der Waals surface area contributed by atoms with Gasteiger partial charge in [0.05, 0.1) is 11.1 Å². The van der Waals surface area contributed by atoms with Crippen molar-refractivity contribution in [3.63, 3.8) is 0 Å². The normalized spacial score (nSPS) is 12.1. The Balaban J connectivity index is 1.90. The number of hydrogen-bond donors (Lipinski definition) is 2. The van der Waals surface area contributed by atoms with Crippen LogP contribution in [0.2, 0.25) is 0 Å². The fraction of sp³-hybridized carbons (Fsp3) is 0.231. The quantitative estimate of drug-likeness (QED) is 0.884. The van der Waals surface area contributed by atoms with E-state index >= 15 is 0 Å². The maximum atomic E-state index is 11.7. The largest absolute Gasteiger partial charge is 0.387 e. The second-order valence-electron chi connectivity index (χ2n) is 3.89. The summed E-state index contributed by atoms with van der Waals surface area (Å²) in [4.78, 5) is 15.8. The molecule has 1 aromatic carbocycles. The van der Waals surface area contributed by atoms with Crippen molar-refractivity contribution in [1.29, 1.82) is 0 Å². The molecule has 2 N–H and O–H groups in total. The standard InChI is InChI=1S/C13H14N2O2S/c1-9-15-11(8-18-9)13(17)14-7-12(16)10-5-3-2-4-6-10/h2-6,8,12,16H,7H2,1H3,(H,14,17). The molecule has 1 atom stereocenters. The van der Waals surface area contributed by atoms with Crippen LogP contribution in [0.25, 0.3) is 0 Å². The number of nitrogens with one attached hydrogen (secondary N) is 1. The fourth-order valence-electron chi connectivity index (χ4n) is 1.54. The fourth-order valence-corrected chi connectivity index (χ4v) is 2.13. The number of aryl methyl sites for hydroxylation is 1. The molecule has 0 fully saturated rings. The molecule has 5 heteroatoms. The van der Waals surface area contributed by atoms with Gasteiger partial charge in [0.15, 0.2) is 0 Å². The van der Waals surface area contributed by atoms with Crippen LogP contribution in [0.15, 0.2) is 35.7 Å². The van der Waals surface area contributed by atoms with Gasteiger partial charge in [-0.15, -0.1) is 11.3 Å². The molecule has 1 heterocycles. The maximum absolute atomic E-state index is 11.7. The molecule has 94 valence electrons. The summed E-state index contributed by atoms with van der Waals surface area (Å²) in [5.74, 6) is -0.255. The number of hydrogen-bond acceptors (Lipinski definition) is 4. The average Bonchev–Trinajstić information content (AvgIpc) is 2.83. The topological polar surface area (TPSA) is 62.2 Å². The summed E-state index contributed by atoms with van der Waals surface area (Å²) in [6.45, 7) is 2.03. The predicted molar refractivity (Wildman–Crippen MR) is 70.6 cm³/mol. The number of nitrogens with zero attached hydrogens (tertiary/aromatic N) is 1. The van der Waals surface area contributed by atoms with E-state index in [0.717, 1.165) is 10.6 Å². The van der Waals surface area contributed by atoms with Gasteiger partial charge in [-0.2, -0.15) is 0 Å². The molecule has 0 radical (unpaired) electrons. The molecule has 0 spiro atoms. The van der Waals surface area contributed by atoms with Gasteiger partial charge in [-0.25, -0.2) is 4.98 Å². The number of rotatable bonds is 4. The van der Waals surface area contributed by atoms with Crippen LogP contribution in [0.1, 0.15) is 27.2 Å². The minimum absolute atomic E-state index is 0.180. The first-order valence-corrected chi connectivity index (χ1v) is 6.48. The smallest absolute Gasteiger partial charge is 0.270 e. The molecule has 1 unspecified atom stereocenters. The minimum Gasteiger partial charge on any atom is -0.387 e. The lowest BCUT2D eigenvalue weighted by molar-refractivity contribution is 0.0912. The first kappa shape index (κ1) is 12.7. The van der Waals surface area contributed by atoms with Crippen molar-refractivity contribution in [3.05, 3.63) is 52.0 Å². The number of aliphatic hydroxyl groups excluding tert-OH is 1. The van der Waals surface area contributed by atoms with Crippen LogP contribution < -0.4 is 5.32 Å². The third-order valence-electron chi connectivity index (χ3n) is 2.49. The molecular formula is C13H14N2O2S. The lowest BCUT2D eigenvalue weighted by atomic mass is 10.1. The molecule has 2 rings (SSSR count). The van der Waals surface area contributed by atoms with E-state index < -0.39 is 6.10 Å². The lowest BCUT2D eigenvalue weighted by Gasteiger charge is -2.11. The molecule has 18 heavy (non-hydrogen) atoms. The van der Waals surface area contributed by atoms with E-state index in [1.807, 2.05) is 37.3 Å². The summed E-state index contributed by atoms with van der Waals surface area (Å²) in [6, 6.07) is 9.23. The molecule has 0 bridgehead atoms. The predicted octanol–water partition coefficient (Wildman–Crippen LogP) is 1.91. The van der Waals surface area contributed by atoms with E-state index in [4.69, 9.17) is 0 Å². The van der Waals surface area contributed by atoms with Crippen LogP contribution in [-0.4, -0.2) is 22.5 Å². The number of amides is 1. The Hall–Kier alpha value is -1.72. The Labute approximate surface area is 109 Å². The number of benzene rings is 1. The summed E-state index contributed by atoms with van der Waals surface area (Å²) in [5.41, 5.74) is 1.19. The summed E-state index contributed by atoms with van der Waals surface area (Å²) >= 11 is 1.43. The minimum atomic E-state index is -0.699. The van der Waals surface area contributed by atoms with Gasteiger partial charge >= 0.3 is 0 Å². The van der Waals surface area contributed by atoms with Crippen LogP contribution in [0.3, 0.4) is 0 Å². The third kappa shape index (κ3) is 3.15. The van der Waals surface area contributed by atoms with E-state index in [2.05, 4.69) is 10.3 Å². The Morgan fingerprint density at radius 1 is 1.44 bits per heavy atom. The Morgan fingerprint density at radius 2 is 2.17 bits per heavy atom. The number of aliphatic hydroxyl groups is 1. The van der Waals surface area contributed by atoms with Crippen LogP contribution in [0, 0.1) is 6.92 Å². The highest BCUT2D eigenvalue weighted by atomic mass is 32.1. The van der Waals surface area contributed by atoms with Crippen molar-refractivity contribution in [2.45, 2.75) is 13.0 Å². The summed E-state index contributed by atoms with van der Waals surface area (Å²) in [5, 5.41) is 15.1. The van der Waals surface area contributed by atoms with Gasteiger partial charge in [-0.1, -0.05) is 30.3 Å². The van der Waals surface area contributed by atoms with Crippen molar-refractivity contribution in [2.24, 2.45) is 0 Å². The first-order valence-electron chi connectivity index (χ1n) is 5.60. The molecular weight excluding hydrogens is 248 g/mol. The first-order chi connectivity index (χ1) is 8.66. The van der Waals surface area contributed by atoms with Crippen molar-refractivity contribution in [1.82, 2.24) is 10.3 Å². The third-order valence-corrected chi connectivity index (χ3v) is 3.27. The number of thiazole rings is 1. The van der Waals surface area contributed by atoms with E-state index in [1.54, 1.807) is 5.38 Å². The van der Waals surface area contributed by atoms with Gasteiger partial charge in [0.1, 0.15) is 5.69 Å². The lowest BCUT2D eigenvalue weighted by Crippen LogP contribution is -2.28. The van der Waals surface area contributed by atoms with Gasteiger partial charge in [0.25, 0.3) is 5.91 Å². The molecule has 1 aromatic heterocycles. The highest BCUT2D eigenvalue weighted by Crippen LogP contribution is 2.11. The molecule has 2 aromatic rings. The molecule has 0 aliphatic rings. The van der Waals surface area contributed by atoms with Crippen LogP contribution >= 0.6 is 11.3 Å². The van der Waals surface area contributed by atoms with Crippen molar-refractivity contribution < 1.29 is 9.90 Å². The van der Waals surface area contributed by atoms with Gasteiger partial charge in [-0.3, -0.25) is 4.79 Å². The monoisotopic (exact) mass is 262 g/mol. The number of carbonyl (C=O) groups is 1. The zero-order valence-electron chi connectivity index (χ0n) is 9.96. The van der Waals surface area contributed by atoms with Gasteiger partial charge in [-0.05, 0) is 12.5 Å². The highest BCUT2D eigenvalue weighted by Gasteiger charge is 2.12. The SMILES string of the molecule is Cc1nc(C(=O)NCC(O)c2ccccc2)cs1. The molecule has 0 aliphatic heterocycles. The average molecular weight is 262 g/mol. The molecule has 1 amide bonds. The van der Waals surface area contributed by atoms with Crippen molar-refractivity contribution >= 4 is 17.2 Å². The second-order valence-corrected chi connectivity index (χ2v) is 4.95. The van der Waals surface area contributed by atoms with E-state index in [-0.39, 0.29) is 12.5 Å². The molecule has 0 saturated heterocycles. The Kier molecular flexibility index (Phi) is 4.07. The van der Waals surface area contributed by atoms with Crippen molar-refractivity contribution in [2.75, 3.05) is 6.54 Å². The van der Waals surface area contributed by atoms with Crippen molar-refractivity contribution in [3.8, 4) is 0 Å². The maximum Gasteiger partial charge on any atom is 0.270 e. The van der Waals surface area contributed by atoms with Gasteiger partial charge < -0.3 is 10.4 Å². The van der Waals surface area contributed by atoms with Crippen LogP contribution in [-0.2, 0) is 0 Å². The Morgan fingerprint density at radius 3 is 2.78 bits per heavy atom. The van der Waals surface area contributed by atoms with E-state index in [1.165, 1.54) is 11.3 Å². The van der Waals surface area contributed by atoms with E-state index in [9.17, 15) is 9.90 Å². The zero-order valence-corrected chi connectivity index (χ0v) is 10.8.